The monoisotopic (exact) mass is 261 g/mol. The fourth-order valence-corrected chi connectivity index (χ4v) is 2.87. The third kappa shape index (κ3) is 2.93. The summed E-state index contributed by atoms with van der Waals surface area (Å²) in [5, 5.41) is 9.67. The minimum absolute atomic E-state index is 0.908. The number of thioether (sulfide) groups is 1. The van der Waals surface area contributed by atoms with Crippen LogP contribution in [0.25, 0.3) is 11.4 Å². The molecule has 3 nitrogen and oxygen atoms in total. The number of aromatic nitrogens is 3. The number of hydrogen-bond acceptors (Lipinski definition) is 3. The Morgan fingerprint density at radius 2 is 1.89 bits per heavy atom. The Labute approximate surface area is 113 Å². The molecule has 0 aliphatic rings. The summed E-state index contributed by atoms with van der Waals surface area (Å²) < 4.78 is 2.19. The van der Waals surface area contributed by atoms with Crippen molar-refractivity contribution in [3.05, 3.63) is 30.3 Å². The van der Waals surface area contributed by atoms with Crippen molar-refractivity contribution in [3.63, 3.8) is 0 Å². The van der Waals surface area contributed by atoms with Crippen molar-refractivity contribution in [1.29, 1.82) is 0 Å². The summed E-state index contributed by atoms with van der Waals surface area (Å²) in [6.07, 6.45) is 2.45. The third-order valence-corrected chi connectivity index (χ3v) is 3.85. The second kappa shape index (κ2) is 6.59. The van der Waals surface area contributed by atoms with Crippen LogP contribution in [0.4, 0.5) is 0 Å². The average molecular weight is 261 g/mol. The van der Waals surface area contributed by atoms with Crippen LogP contribution in [0.1, 0.15) is 26.7 Å². The van der Waals surface area contributed by atoms with Crippen LogP contribution in [0.15, 0.2) is 35.5 Å². The highest BCUT2D eigenvalue weighted by Crippen LogP contribution is 2.24. The van der Waals surface area contributed by atoms with Gasteiger partial charge in [-0.1, -0.05) is 55.4 Å². The van der Waals surface area contributed by atoms with Gasteiger partial charge in [0.05, 0.1) is 0 Å². The predicted octanol–water partition coefficient (Wildman–Crippen LogP) is 3.86. The Morgan fingerprint density at radius 1 is 1.11 bits per heavy atom. The van der Waals surface area contributed by atoms with Crippen molar-refractivity contribution >= 4 is 11.8 Å². The Bertz CT molecular complexity index is 479. The molecule has 0 spiro atoms. The Hall–Kier alpha value is -1.29. The molecule has 1 aromatic carbocycles. The van der Waals surface area contributed by atoms with Crippen LogP contribution in [0.5, 0.6) is 0 Å². The molecule has 0 radical (unpaired) electrons. The molecule has 96 valence electrons. The summed E-state index contributed by atoms with van der Waals surface area (Å²) in [6.45, 7) is 5.26. The van der Waals surface area contributed by atoms with Crippen LogP contribution < -0.4 is 0 Å². The highest BCUT2D eigenvalue weighted by Gasteiger charge is 2.12. The lowest BCUT2D eigenvalue weighted by Gasteiger charge is -2.06. The van der Waals surface area contributed by atoms with E-state index in [4.69, 9.17) is 0 Å². The predicted molar refractivity (Wildman–Crippen MR) is 76.8 cm³/mol. The Morgan fingerprint density at radius 3 is 2.56 bits per heavy atom. The smallest absolute Gasteiger partial charge is 0.191 e. The summed E-state index contributed by atoms with van der Waals surface area (Å²) in [5.74, 6) is 2.08. The van der Waals surface area contributed by atoms with E-state index in [1.807, 2.05) is 18.2 Å². The number of rotatable bonds is 6. The zero-order valence-electron chi connectivity index (χ0n) is 11.0. The van der Waals surface area contributed by atoms with Gasteiger partial charge in [-0.2, -0.15) is 0 Å². The first-order chi connectivity index (χ1) is 8.86. The van der Waals surface area contributed by atoms with E-state index in [2.05, 4.69) is 40.7 Å². The standard InChI is InChI=1S/C14H19N3S/c1-3-5-11-18-14-16-15-13(17(14)4-2)12-9-7-6-8-10-12/h6-10H,3-5,11H2,1-2H3. The van der Waals surface area contributed by atoms with Crippen LogP contribution in [-0.2, 0) is 6.54 Å². The topological polar surface area (TPSA) is 30.7 Å². The molecule has 4 heteroatoms. The molecule has 2 rings (SSSR count). The van der Waals surface area contributed by atoms with Gasteiger partial charge in [-0.3, -0.25) is 0 Å². The third-order valence-electron chi connectivity index (χ3n) is 2.79. The quantitative estimate of drug-likeness (QED) is 0.584. The van der Waals surface area contributed by atoms with E-state index < -0.39 is 0 Å². The van der Waals surface area contributed by atoms with E-state index in [9.17, 15) is 0 Å². The summed E-state index contributed by atoms with van der Waals surface area (Å²) >= 11 is 1.80. The first kappa shape index (κ1) is 13.1. The summed E-state index contributed by atoms with van der Waals surface area (Å²) in [7, 11) is 0. The Balaban J connectivity index is 2.22. The molecule has 2 aromatic rings. The van der Waals surface area contributed by atoms with E-state index >= 15 is 0 Å². The Kier molecular flexibility index (Phi) is 4.81. The molecule has 0 saturated heterocycles. The van der Waals surface area contributed by atoms with Crippen LogP contribution in [0.2, 0.25) is 0 Å². The van der Waals surface area contributed by atoms with Crippen LogP contribution >= 0.6 is 11.8 Å². The largest absolute Gasteiger partial charge is 0.302 e. The number of unbranched alkanes of at least 4 members (excludes halogenated alkanes) is 1. The normalized spacial score (nSPS) is 10.8. The van der Waals surface area contributed by atoms with Crippen molar-refractivity contribution in [2.75, 3.05) is 5.75 Å². The lowest BCUT2D eigenvalue weighted by molar-refractivity contribution is 0.686. The summed E-state index contributed by atoms with van der Waals surface area (Å²) in [6, 6.07) is 10.3. The minimum Gasteiger partial charge on any atom is -0.302 e. The molecular formula is C14H19N3S. The molecule has 0 aliphatic heterocycles. The maximum Gasteiger partial charge on any atom is 0.191 e. The van der Waals surface area contributed by atoms with Crippen molar-refractivity contribution in [2.24, 2.45) is 0 Å². The van der Waals surface area contributed by atoms with Crippen molar-refractivity contribution < 1.29 is 0 Å². The number of hydrogen-bond donors (Lipinski definition) is 0. The van der Waals surface area contributed by atoms with E-state index in [1.165, 1.54) is 12.8 Å². The SMILES string of the molecule is CCCCSc1nnc(-c2ccccc2)n1CC. The molecule has 1 heterocycles. The fraction of sp³-hybridized carbons (Fsp3) is 0.429. The maximum absolute atomic E-state index is 4.33. The van der Waals surface area contributed by atoms with Gasteiger partial charge in [0.25, 0.3) is 0 Å². The molecule has 0 bridgehead atoms. The van der Waals surface area contributed by atoms with E-state index in [1.54, 1.807) is 11.8 Å². The van der Waals surface area contributed by atoms with Crippen LogP contribution in [0, 0.1) is 0 Å². The molecule has 0 fully saturated rings. The first-order valence-electron chi connectivity index (χ1n) is 6.48. The molecule has 18 heavy (non-hydrogen) atoms. The zero-order valence-corrected chi connectivity index (χ0v) is 11.8. The van der Waals surface area contributed by atoms with Crippen LogP contribution in [0.3, 0.4) is 0 Å². The first-order valence-corrected chi connectivity index (χ1v) is 7.46. The minimum atomic E-state index is 0.908. The molecule has 0 N–H and O–H groups in total. The molecular weight excluding hydrogens is 242 g/mol. The number of nitrogens with zero attached hydrogens (tertiary/aromatic N) is 3. The van der Waals surface area contributed by atoms with Gasteiger partial charge in [-0.05, 0) is 13.3 Å². The van der Waals surface area contributed by atoms with Crippen LogP contribution in [-0.4, -0.2) is 20.5 Å². The highest BCUT2D eigenvalue weighted by atomic mass is 32.2. The highest BCUT2D eigenvalue weighted by molar-refractivity contribution is 7.99. The maximum atomic E-state index is 4.33. The van der Waals surface area contributed by atoms with Gasteiger partial charge in [0.1, 0.15) is 0 Å². The van der Waals surface area contributed by atoms with Crippen molar-refractivity contribution in [3.8, 4) is 11.4 Å². The molecule has 0 saturated carbocycles. The van der Waals surface area contributed by atoms with Gasteiger partial charge in [0.15, 0.2) is 11.0 Å². The van der Waals surface area contributed by atoms with Gasteiger partial charge in [0, 0.05) is 17.9 Å². The van der Waals surface area contributed by atoms with Gasteiger partial charge < -0.3 is 4.57 Å². The van der Waals surface area contributed by atoms with Gasteiger partial charge in [0.2, 0.25) is 0 Å². The second-order valence-corrected chi connectivity index (χ2v) is 5.18. The summed E-state index contributed by atoms with van der Waals surface area (Å²) in [5.41, 5.74) is 1.13. The molecule has 1 aromatic heterocycles. The lowest BCUT2D eigenvalue weighted by Crippen LogP contribution is -1.99. The average Bonchev–Trinajstić information content (AvgIpc) is 2.83. The van der Waals surface area contributed by atoms with Crippen molar-refractivity contribution in [1.82, 2.24) is 14.8 Å². The van der Waals surface area contributed by atoms with Crippen molar-refractivity contribution in [2.45, 2.75) is 38.4 Å². The van der Waals surface area contributed by atoms with Gasteiger partial charge >= 0.3 is 0 Å². The van der Waals surface area contributed by atoms with E-state index in [0.29, 0.717) is 0 Å². The molecule has 0 amide bonds. The van der Waals surface area contributed by atoms with Gasteiger partial charge in [-0.15, -0.1) is 10.2 Å². The zero-order chi connectivity index (χ0) is 12.8. The molecule has 0 unspecified atom stereocenters. The van der Waals surface area contributed by atoms with Gasteiger partial charge in [-0.25, -0.2) is 0 Å². The fourth-order valence-electron chi connectivity index (χ4n) is 1.79. The van der Waals surface area contributed by atoms with E-state index in [0.717, 1.165) is 28.8 Å². The molecule has 0 atom stereocenters. The van der Waals surface area contributed by atoms with E-state index in [-0.39, 0.29) is 0 Å². The number of benzene rings is 1. The lowest BCUT2D eigenvalue weighted by atomic mass is 10.2. The second-order valence-electron chi connectivity index (χ2n) is 4.12. The summed E-state index contributed by atoms with van der Waals surface area (Å²) in [4.78, 5) is 0. The molecule has 0 aliphatic carbocycles.